The van der Waals surface area contributed by atoms with Gasteiger partial charge in [-0.25, -0.2) is 4.98 Å². The molecular formula is C16H25BrIN5S. The summed E-state index contributed by atoms with van der Waals surface area (Å²) in [5.74, 6) is 0.898. The summed E-state index contributed by atoms with van der Waals surface area (Å²) in [5, 5.41) is 4.59. The maximum atomic E-state index is 4.45. The van der Waals surface area contributed by atoms with Gasteiger partial charge in [-0.15, -0.1) is 35.3 Å². The summed E-state index contributed by atoms with van der Waals surface area (Å²) in [6.45, 7) is 3.80. The second-order valence-electron chi connectivity index (χ2n) is 5.41. The number of aryl methyl sites for hydroxylation is 2. The summed E-state index contributed by atoms with van der Waals surface area (Å²) in [7, 11) is 5.92. The van der Waals surface area contributed by atoms with Crippen LogP contribution in [0.25, 0.3) is 0 Å². The van der Waals surface area contributed by atoms with Gasteiger partial charge in [-0.05, 0) is 28.4 Å². The lowest BCUT2D eigenvalue weighted by Gasteiger charge is -2.22. The molecule has 24 heavy (non-hydrogen) atoms. The van der Waals surface area contributed by atoms with Crippen molar-refractivity contribution in [1.82, 2.24) is 19.8 Å². The minimum atomic E-state index is 0. The van der Waals surface area contributed by atoms with Crippen LogP contribution in [-0.2, 0) is 26.4 Å². The standard InChI is InChI=1S/C16H24BrN5S.HI/c1-5-14-9-20-15(23-14)6-7-19-16(18-2)22(4)11-13-8-12(17)10-21(13)3;/h8-10H,5-7,11H2,1-4H3,(H,18,19);1H. The van der Waals surface area contributed by atoms with E-state index < -0.39 is 0 Å². The Bertz CT molecular complexity index is 667. The van der Waals surface area contributed by atoms with Crippen molar-refractivity contribution in [1.29, 1.82) is 0 Å². The lowest BCUT2D eigenvalue weighted by Crippen LogP contribution is -2.39. The monoisotopic (exact) mass is 525 g/mol. The maximum absolute atomic E-state index is 4.45. The second-order valence-corrected chi connectivity index (χ2v) is 7.53. The molecule has 8 heteroatoms. The predicted molar refractivity (Wildman–Crippen MR) is 117 cm³/mol. The van der Waals surface area contributed by atoms with Gasteiger partial charge < -0.3 is 14.8 Å². The Morgan fingerprint density at radius 1 is 1.50 bits per heavy atom. The van der Waals surface area contributed by atoms with E-state index in [9.17, 15) is 0 Å². The van der Waals surface area contributed by atoms with E-state index in [2.05, 4.69) is 74.0 Å². The minimum absolute atomic E-state index is 0. The average molecular weight is 526 g/mol. The van der Waals surface area contributed by atoms with Gasteiger partial charge in [0.05, 0.1) is 11.6 Å². The Balaban J connectivity index is 0.00000288. The van der Waals surface area contributed by atoms with Crippen molar-refractivity contribution in [2.75, 3.05) is 20.6 Å². The number of aliphatic imine (C=N–C) groups is 1. The number of aromatic nitrogens is 2. The molecule has 0 saturated carbocycles. The van der Waals surface area contributed by atoms with Gasteiger partial charge in [0.1, 0.15) is 0 Å². The van der Waals surface area contributed by atoms with Gasteiger partial charge in [0.25, 0.3) is 0 Å². The molecule has 5 nitrogen and oxygen atoms in total. The summed E-state index contributed by atoms with van der Waals surface area (Å²) in [5.41, 5.74) is 1.23. The number of nitrogens with one attached hydrogen (secondary N) is 1. The number of rotatable bonds is 6. The molecule has 2 rings (SSSR count). The molecule has 0 aromatic carbocycles. The van der Waals surface area contributed by atoms with Gasteiger partial charge in [-0.3, -0.25) is 4.99 Å². The highest BCUT2D eigenvalue weighted by Gasteiger charge is 2.10. The zero-order valence-electron chi connectivity index (χ0n) is 14.5. The fourth-order valence-electron chi connectivity index (χ4n) is 2.33. The number of halogens is 2. The van der Waals surface area contributed by atoms with Crippen LogP contribution in [0.3, 0.4) is 0 Å². The third kappa shape index (κ3) is 6.03. The van der Waals surface area contributed by atoms with E-state index in [4.69, 9.17) is 0 Å². The van der Waals surface area contributed by atoms with E-state index in [-0.39, 0.29) is 24.0 Å². The average Bonchev–Trinajstić information content (AvgIpc) is 3.10. The summed E-state index contributed by atoms with van der Waals surface area (Å²) in [6, 6.07) is 2.13. The molecule has 0 aliphatic rings. The van der Waals surface area contributed by atoms with Crippen LogP contribution < -0.4 is 5.32 Å². The first-order valence-electron chi connectivity index (χ1n) is 7.69. The number of nitrogens with zero attached hydrogens (tertiary/aromatic N) is 4. The van der Waals surface area contributed by atoms with E-state index in [0.29, 0.717) is 0 Å². The van der Waals surface area contributed by atoms with Crippen molar-refractivity contribution in [2.45, 2.75) is 26.3 Å². The number of hydrogen-bond donors (Lipinski definition) is 1. The van der Waals surface area contributed by atoms with Crippen LogP contribution in [0.2, 0.25) is 0 Å². The van der Waals surface area contributed by atoms with Gasteiger partial charge in [-0.2, -0.15) is 0 Å². The summed E-state index contributed by atoms with van der Waals surface area (Å²) >= 11 is 5.31. The zero-order chi connectivity index (χ0) is 16.8. The molecule has 0 spiro atoms. The van der Waals surface area contributed by atoms with Crippen LogP contribution in [0.5, 0.6) is 0 Å². The Morgan fingerprint density at radius 2 is 2.25 bits per heavy atom. The van der Waals surface area contributed by atoms with Crippen molar-refractivity contribution < 1.29 is 0 Å². The molecule has 2 heterocycles. The Labute approximate surface area is 173 Å². The molecule has 0 aliphatic heterocycles. The molecule has 0 atom stereocenters. The SMILES string of the molecule is CCc1cnc(CCNC(=NC)N(C)Cc2cc(Br)cn2C)s1.I. The van der Waals surface area contributed by atoms with Crippen LogP contribution in [0, 0.1) is 0 Å². The van der Waals surface area contributed by atoms with Crippen molar-refractivity contribution in [3.05, 3.63) is 38.5 Å². The molecule has 2 aromatic rings. The lowest BCUT2D eigenvalue weighted by atomic mass is 10.4. The van der Waals surface area contributed by atoms with E-state index in [0.717, 1.165) is 36.4 Å². The van der Waals surface area contributed by atoms with E-state index in [1.807, 2.05) is 13.2 Å². The van der Waals surface area contributed by atoms with Crippen molar-refractivity contribution in [3.8, 4) is 0 Å². The van der Waals surface area contributed by atoms with Crippen molar-refractivity contribution in [2.24, 2.45) is 12.0 Å². The molecule has 0 amide bonds. The molecule has 0 fully saturated rings. The Morgan fingerprint density at radius 3 is 2.79 bits per heavy atom. The first-order chi connectivity index (χ1) is 11.0. The molecule has 2 aromatic heterocycles. The number of thiazole rings is 1. The van der Waals surface area contributed by atoms with Crippen LogP contribution >= 0.6 is 51.2 Å². The fourth-order valence-corrected chi connectivity index (χ4v) is 3.77. The van der Waals surface area contributed by atoms with E-state index in [1.54, 1.807) is 11.3 Å². The van der Waals surface area contributed by atoms with Crippen LogP contribution in [0.4, 0.5) is 0 Å². The first kappa shape index (κ1) is 21.4. The number of guanidine groups is 1. The fraction of sp³-hybridized carbons (Fsp3) is 0.500. The third-order valence-corrected chi connectivity index (χ3v) is 5.25. The highest BCUT2D eigenvalue weighted by atomic mass is 127. The van der Waals surface area contributed by atoms with Gasteiger partial charge in [0.2, 0.25) is 0 Å². The predicted octanol–water partition coefficient (Wildman–Crippen LogP) is 3.67. The molecule has 0 saturated heterocycles. The van der Waals surface area contributed by atoms with Crippen LogP contribution in [0.1, 0.15) is 22.5 Å². The topological polar surface area (TPSA) is 45.5 Å². The van der Waals surface area contributed by atoms with Gasteiger partial charge in [0, 0.05) is 61.5 Å². The second kappa shape index (κ2) is 10.4. The van der Waals surface area contributed by atoms with Gasteiger partial charge in [-0.1, -0.05) is 6.92 Å². The highest BCUT2D eigenvalue weighted by molar-refractivity contribution is 14.0. The largest absolute Gasteiger partial charge is 0.356 e. The zero-order valence-corrected chi connectivity index (χ0v) is 19.3. The van der Waals surface area contributed by atoms with Crippen LogP contribution in [0.15, 0.2) is 27.9 Å². The third-order valence-electron chi connectivity index (χ3n) is 3.62. The van der Waals surface area contributed by atoms with E-state index in [1.165, 1.54) is 15.6 Å². The first-order valence-corrected chi connectivity index (χ1v) is 9.30. The van der Waals surface area contributed by atoms with Crippen LogP contribution in [-0.4, -0.2) is 41.1 Å². The Hall–Kier alpha value is -0.610. The molecule has 0 unspecified atom stereocenters. The normalized spacial score (nSPS) is 11.3. The lowest BCUT2D eigenvalue weighted by molar-refractivity contribution is 0.462. The molecule has 134 valence electrons. The molecule has 0 bridgehead atoms. The Kier molecular flexibility index (Phi) is 9.28. The minimum Gasteiger partial charge on any atom is -0.356 e. The summed E-state index contributed by atoms with van der Waals surface area (Å²) < 4.78 is 3.22. The number of hydrogen-bond acceptors (Lipinski definition) is 3. The van der Waals surface area contributed by atoms with Gasteiger partial charge >= 0.3 is 0 Å². The smallest absolute Gasteiger partial charge is 0.193 e. The summed E-state index contributed by atoms with van der Waals surface area (Å²) in [6.07, 6.45) is 6.02. The highest BCUT2D eigenvalue weighted by Crippen LogP contribution is 2.15. The molecule has 1 N–H and O–H groups in total. The van der Waals surface area contributed by atoms with Crippen molar-refractivity contribution >= 4 is 57.2 Å². The molecule has 0 aliphatic carbocycles. The quantitative estimate of drug-likeness (QED) is 0.355. The summed E-state index contributed by atoms with van der Waals surface area (Å²) in [4.78, 5) is 12.3. The van der Waals surface area contributed by atoms with Gasteiger partial charge in [0.15, 0.2) is 5.96 Å². The van der Waals surface area contributed by atoms with E-state index >= 15 is 0 Å². The molecule has 0 radical (unpaired) electrons. The maximum Gasteiger partial charge on any atom is 0.193 e. The van der Waals surface area contributed by atoms with Crippen molar-refractivity contribution in [3.63, 3.8) is 0 Å². The molecular weight excluding hydrogens is 501 g/mol.